The molecule has 0 aliphatic heterocycles. The van der Waals surface area contributed by atoms with Gasteiger partial charge in [-0.25, -0.2) is 0 Å². The molecule has 0 bridgehead atoms. The summed E-state index contributed by atoms with van der Waals surface area (Å²) in [5.41, 5.74) is 6.47. The van der Waals surface area contributed by atoms with Crippen LogP contribution in [0.4, 0.5) is 0 Å². The van der Waals surface area contributed by atoms with Gasteiger partial charge in [-0.2, -0.15) is 0 Å². The Hall–Kier alpha value is -0.390. The lowest BCUT2D eigenvalue weighted by atomic mass is 10.1. The van der Waals surface area contributed by atoms with Gasteiger partial charge in [0.25, 0.3) is 0 Å². The quantitative estimate of drug-likeness (QED) is 0.509. The summed E-state index contributed by atoms with van der Waals surface area (Å²) in [7, 11) is 0. The zero-order valence-corrected chi connectivity index (χ0v) is 17.1. The second-order valence-electron chi connectivity index (χ2n) is 4.60. The molecular formula is C15H12BrI2NO3. The minimum atomic E-state index is -1.00. The number of carboxylic acids is 1. The monoisotopic (exact) mass is 587 g/mol. The van der Waals surface area contributed by atoms with E-state index in [9.17, 15) is 4.79 Å². The van der Waals surface area contributed by atoms with Crippen LogP contribution in [0.3, 0.4) is 0 Å². The molecule has 0 fully saturated rings. The summed E-state index contributed by atoms with van der Waals surface area (Å²) in [6.07, 6.45) is 0.290. The van der Waals surface area contributed by atoms with Crippen LogP contribution in [0, 0.1) is 7.14 Å². The van der Waals surface area contributed by atoms with Crippen LogP contribution in [0.1, 0.15) is 5.56 Å². The average molecular weight is 588 g/mol. The van der Waals surface area contributed by atoms with E-state index in [4.69, 9.17) is 15.6 Å². The molecular weight excluding hydrogens is 576 g/mol. The Morgan fingerprint density at radius 2 is 1.91 bits per heavy atom. The third-order valence-electron chi connectivity index (χ3n) is 2.85. The maximum atomic E-state index is 10.9. The molecule has 2 rings (SSSR count). The van der Waals surface area contributed by atoms with Crippen molar-refractivity contribution in [3.05, 3.63) is 53.6 Å². The normalized spacial score (nSPS) is 12.0. The number of benzene rings is 2. The molecule has 22 heavy (non-hydrogen) atoms. The molecule has 4 nitrogen and oxygen atoms in total. The lowest BCUT2D eigenvalue weighted by Gasteiger charge is -2.13. The van der Waals surface area contributed by atoms with Gasteiger partial charge in [0.2, 0.25) is 0 Å². The van der Waals surface area contributed by atoms with Crippen LogP contribution < -0.4 is 10.5 Å². The summed E-state index contributed by atoms with van der Waals surface area (Å²) in [4.78, 5) is 10.9. The van der Waals surface area contributed by atoms with Crippen molar-refractivity contribution in [1.29, 1.82) is 0 Å². The Morgan fingerprint density at radius 3 is 2.45 bits per heavy atom. The van der Waals surface area contributed by atoms with Crippen molar-refractivity contribution < 1.29 is 14.6 Å². The van der Waals surface area contributed by atoms with Crippen LogP contribution in [-0.2, 0) is 11.2 Å². The second kappa shape index (κ2) is 7.93. The summed E-state index contributed by atoms with van der Waals surface area (Å²) in [5.74, 6) is 0.492. The van der Waals surface area contributed by atoms with E-state index in [1.165, 1.54) is 0 Å². The van der Waals surface area contributed by atoms with Crippen molar-refractivity contribution in [1.82, 2.24) is 0 Å². The van der Waals surface area contributed by atoms with Gasteiger partial charge in [-0.15, -0.1) is 0 Å². The van der Waals surface area contributed by atoms with Crippen molar-refractivity contribution in [2.24, 2.45) is 5.73 Å². The molecule has 0 unspecified atom stereocenters. The van der Waals surface area contributed by atoms with Crippen molar-refractivity contribution in [3.63, 3.8) is 0 Å². The van der Waals surface area contributed by atoms with Gasteiger partial charge in [0, 0.05) is 4.47 Å². The van der Waals surface area contributed by atoms with Gasteiger partial charge in [-0.3, -0.25) is 4.79 Å². The van der Waals surface area contributed by atoms with Gasteiger partial charge in [0.1, 0.15) is 11.8 Å². The van der Waals surface area contributed by atoms with Crippen molar-refractivity contribution in [3.8, 4) is 11.5 Å². The standard InChI is InChI=1S/C15H12BrI2NO3/c16-9-2-1-3-10(7-9)22-14-11(17)4-8(5-12(14)18)6-13(19)15(20)21/h1-5,7,13H,6,19H2,(H,20,21)/t13-/m0/s1. The maximum Gasteiger partial charge on any atom is 0.320 e. The fraction of sp³-hybridized carbons (Fsp3) is 0.133. The predicted octanol–water partition coefficient (Wildman–Crippen LogP) is 4.41. The number of halogens is 3. The van der Waals surface area contributed by atoms with Gasteiger partial charge < -0.3 is 15.6 Å². The summed E-state index contributed by atoms with van der Waals surface area (Å²) < 4.78 is 8.71. The number of hydrogen-bond donors (Lipinski definition) is 2. The zero-order chi connectivity index (χ0) is 16.3. The smallest absolute Gasteiger partial charge is 0.320 e. The molecule has 1 atom stereocenters. The van der Waals surface area contributed by atoms with Crippen LogP contribution in [0.2, 0.25) is 0 Å². The van der Waals surface area contributed by atoms with Gasteiger partial charge in [-0.05, 0) is 87.5 Å². The molecule has 0 radical (unpaired) electrons. The number of hydrogen-bond acceptors (Lipinski definition) is 3. The molecule has 0 heterocycles. The summed E-state index contributed by atoms with van der Waals surface area (Å²) in [6.45, 7) is 0. The highest BCUT2D eigenvalue weighted by molar-refractivity contribution is 14.1. The van der Waals surface area contributed by atoms with E-state index in [2.05, 4.69) is 61.1 Å². The first kappa shape index (κ1) is 18.0. The molecule has 2 aromatic carbocycles. The summed E-state index contributed by atoms with van der Waals surface area (Å²) >= 11 is 7.77. The maximum absolute atomic E-state index is 10.9. The minimum Gasteiger partial charge on any atom is -0.480 e. The largest absolute Gasteiger partial charge is 0.480 e. The van der Waals surface area contributed by atoms with Crippen LogP contribution in [0.25, 0.3) is 0 Å². The highest BCUT2D eigenvalue weighted by atomic mass is 127. The Kier molecular flexibility index (Phi) is 6.47. The molecule has 0 amide bonds. The molecule has 7 heteroatoms. The summed E-state index contributed by atoms with van der Waals surface area (Å²) in [6, 6.07) is 10.5. The number of ether oxygens (including phenoxy) is 1. The Labute approximate surface area is 163 Å². The second-order valence-corrected chi connectivity index (χ2v) is 7.84. The summed E-state index contributed by atoms with van der Waals surface area (Å²) in [5, 5.41) is 8.90. The van der Waals surface area contributed by atoms with Crippen molar-refractivity contribution in [2.75, 3.05) is 0 Å². The Morgan fingerprint density at radius 1 is 1.27 bits per heavy atom. The number of rotatable bonds is 5. The lowest BCUT2D eigenvalue weighted by molar-refractivity contribution is -0.138. The van der Waals surface area contributed by atoms with Crippen molar-refractivity contribution >= 4 is 67.1 Å². The lowest BCUT2D eigenvalue weighted by Crippen LogP contribution is -2.32. The van der Waals surface area contributed by atoms with Gasteiger partial charge in [0.15, 0.2) is 5.75 Å². The molecule has 2 aromatic rings. The van der Waals surface area contributed by atoms with Crippen LogP contribution >= 0.6 is 61.1 Å². The van der Waals surface area contributed by atoms with E-state index in [0.29, 0.717) is 6.42 Å². The van der Waals surface area contributed by atoms with Gasteiger partial charge in [-0.1, -0.05) is 22.0 Å². The highest BCUT2D eigenvalue weighted by Gasteiger charge is 2.15. The van der Waals surface area contributed by atoms with Crippen LogP contribution in [-0.4, -0.2) is 17.1 Å². The molecule has 0 spiro atoms. The average Bonchev–Trinajstić information content (AvgIpc) is 2.43. The first-order valence-electron chi connectivity index (χ1n) is 6.26. The molecule has 0 saturated heterocycles. The predicted molar refractivity (Wildman–Crippen MR) is 105 cm³/mol. The first-order chi connectivity index (χ1) is 10.4. The molecule has 0 aliphatic rings. The van der Waals surface area contributed by atoms with Crippen LogP contribution in [0.5, 0.6) is 11.5 Å². The first-order valence-corrected chi connectivity index (χ1v) is 9.21. The SMILES string of the molecule is N[C@@H](Cc1cc(I)c(Oc2cccc(Br)c2)c(I)c1)C(=O)O. The molecule has 3 N–H and O–H groups in total. The van der Waals surface area contributed by atoms with Crippen molar-refractivity contribution in [2.45, 2.75) is 12.5 Å². The minimum absolute atomic E-state index is 0.290. The number of carboxylic acid groups (broad SMARTS) is 1. The van der Waals surface area contributed by atoms with Gasteiger partial charge in [0.05, 0.1) is 7.14 Å². The number of nitrogens with two attached hydrogens (primary N) is 1. The van der Waals surface area contributed by atoms with E-state index < -0.39 is 12.0 Å². The molecule has 0 aromatic heterocycles. The van der Waals surface area contributed by atoms with E-state index in [-0.39, 0.29) is 0 Å². The fourth-order valence-electron chi connectivity index (χ4n) is 1.82. The van der Waals surface area contributed by atoms with E-state index >= 15 is 0 Å². The Bertz CT molecular complexity index is 686. The molecule has 0 aliphatic carbocycles. The zero-order valence-electron chi connectivity index (χ0n) is 11.2. The number of aliphatic carboxylic acids is 1. The van der Waals surface area contributed by atoms with E-state index in [0.717, 1.165) is 28.7 Å². The highest BCUT2D eigenvalue weighted by Crippen LogP contribution is 2.33. The Balaban J connectivity index is 2.25. The molecule has 116 valence electrons. The van der Waals surface area contributed by atoms with E-state index in [1.807, 2.05) is 36.4 Å². The topological polar surface area (TPSA) is 72.5 Å². The fourth-order valence-corrected chi connectivity index (χ4v) is 4.31. The third-order valence-corrected chi connectivity index (χ3v) is 4.94. The van der Waals surface area contributed by atoms with E-state index in [1.54, 1.807) is 0 Å². The van der Waals surface area contributed by atoms with Crippen LogP contribution in [0.15, 0.2) is 40.9 Å². The molecule has 0 saturated carbocycles. The third kappa shape index (κ3) is 4.80. The van der Waals surface area contributed by atoms with Gasteiger partial charge >= 0.3 is 5.97 Å². The number of carbonyl (C=O) groups is 1.